The van der Waals surface area contributed by atoms with Crippen LogP contribution in [0, 0.1) is 18.6 Å². The second-order valence-corrected chi connectivity index (χ2v) is 4.10. The van der Waals surface area contributed by atoms with E-state index in [0.717, 1.165) is 12.1 Å². The van der Waals surface area contributed by atoms with Gasteiger partial charge in [0.2, 0.25) is 0 Å². The van der Waals surface area contributed by atoms with E-state index in [1.54, 1.807) is 0 Å². The topological polar surface area (TPSA) is 80.0 Å². The summed E-state index contributed by atoms with van der Waals surface area (Å²) in [6.07, 6.45) is 2.71. The van der Waals surface area contributed by atoms with E-state index in [1.807, 2.05) is 0 Å². The Morgan fingerprint density at radius 3 is 2.70 bits per heavy atom. The molecule has 5 nitrogen and oxygen atoms in total. The lowest BCUT2D eigenvalue weighted by Crippen LogP contribution is -2.18. The maximum absolute atomic E-state index is 13.7. The number of hydrogen-bond acceptors (Lipinski definition) is 4. The molecule has 0 saturated carbocycles. The van der Waals surface area contributed by atoms with Gasteiger partial charge in [-0.15, -0.1) is 0 Å². The van der Waals surface area contributed by atoms with E-state index in [1.165, 1.54) is 25.4 Å². The molecule has 0 radical (unpaired) electrons. The van der Waals surface area contributed by atoms with Crippen LogP contribution in [-0.4, -0.2) is 10.9 Å². The molecule has 0 saturated heterocycles. The molecule has 7 heteroatoms. The molecule has 0 aliphatic carbocycles. The lowest BCUT2D eigenvalue weighted by Gasteiger charge is -2.10. The van der Waals surface area contributed by atoms with Crippen LogP contribution in [-0.2, 0) is 0 Å². The second kappa shape index (κ2) is 5.62. The molecule has 0 aliphatic heterocycles. The first-order valence-electron chi connectivity index (χ1n) is 5.70. The maximum atomic E-state index is 13.7. The standard InChI is InChI=1S/C13H12F2N4O/c1-7-4-10(15)12(5-9(7)14)18-13(20)8-6-17-3-2-11(8)19-16/h2-6H,16H2,1H3,(H,17,19)(H,18,20). The summed E-state index contributed by atoms with van der Waals surface area (Å²) < 4.78 is 27.0. The Kier molecular flexibility index (Phi) is 3.90. The molecule has 4 N–H and O–H groups in total. The van der Waals surface area contributed by atoms with Gasteiger partial charge >= 0.3 is 0 Å². The van der Waals surface area contributed by atoms with Crippen molar-refractivity contribution in [2.75, 3.05) is 10.7 Å². The van der Waals surface area contributed by atoms with Crippen LogP contribution in [0.15, 0.2) is 30.6 Å². The minimum absolute atomic E-state index is 0.121. The fourth-order valence-corrected chi connectivity index (χ4v) is 1.63. The largest absolute Gasteiger partial charge is 0.323 e. The average Bonchev–Trinajstić information content (AvgIpc) is 2.44. The van der Waals surface area contributed by atoms with Crippen molar-refractivity contribution < 1.29 is 13.6 Å². The Labute approximate surface area is 113 Å². The zero-order valence-corrected chi connectivity index (χ0v) is 10.6. The Morgan fingerprint density at radius 1 is 1.25 bits per heavy atom. The smallest absolute Gasteiger partial charge is 0.259 e. The quantitative estimate of drug-likeness (QED) is 0.594. The highest BCUT2D eigenvalue weighted by Crippen LogP contribution is 2.21. The molecule has 0 spiro atoms. The van der Waals surface area contributed by atoms with Crippen molar-refractivity contribution >= 4 is 17.3 Å². The van der Waals surface area contributed by atoms with Crippen LogP contribution in [0.5, 0.6) is 0 Å². The molecule has 1 aromatic carbocycles. The van der Waals surface area contributed by atoms with Crippen molar-refractivity contribution in [2.45, 2.75) is 6.92 Å². The summed E-state index contributed by atoms with van der Waals surface area (Å²) >= 11 is 0. The predicted octanol–water partition coefficient (Wildman–Crippen LogP) is 2.21. The first-order valence-corrected chi connectivity index (χ1v) is 5.70. The van der Waals surface area contributed by atoms with Gasteiger partial charge in [-0.05, 0) is 24.6 Å². The third-order valence-corrected chi connectivity index (χ3v) is 2.72. The van der Waals surface area contributed by atoms with Gasteiger partial charge in [-0.3, -0.25) is 15.6 Å². The highest BCUT2D eigenvalue weighted by molar-refractivity contribution is 6.07. The van der Waals surface area contributed by atoms with Crippen molar-refractivity contribution in [1.29, 1.82) is 0 Å². The molecule has 0 unspecified atom stereocenters. The SMILES string of the molecule is Cc1cc(F)c(NC(=O)c2cnccc2NN)cc1F. The lowest BCUT2D eigenvalue weighted by molar-refractivity contribution is 0.102. The number of nitrogens with one attached hydrogen (secondary N) is 2. The molecule has 2 aromatic rings. The first kappa shape index (κ1) is 13.9. The third kappa shape index (κ3) is 2.72. The van der Waals surface area contributed by atoms with Crippen LogP contribution in [0.25, 0.3) is 0 Å². The fourth-order valence-electron chi connectivity index (χ4n) is 1.63. The number of nitrogen functional groups attached to an aromatic ring is 1. The third-order valence-electron chi connectivity index (χ3n) is 2.72. The van der Waals surface area contributed by atoms with Crippen molar-refractivity contribution in [1.82, 2.24) is 4.98 Å². The summed E-state index contributed by atoms with van der Waals surface area (Å²) in [4.78, 5) is 15.8. The van der Waals surface area contributed by atoms with Crippen molar-refractivity contribution in [2.24, 2.45) is 5.84 Å². The van der Waals surface area contributed by atoms with Gasteiger partial charge in [-0.2, -0.15) is 0 Å². The molecule has 20 heavy (non-hydrogen) atoms. The van der Waals surface area contributed by atoms with Crippen LogP contribution < -0.4 is 16.6 Å². The minimum atomic E-state index is -0.719. The highest BCUT2D eigenvalue weighted by Gasteiger charge is 2.14. The van der Waals surface area contributed by atoms with Gasteiger partial charge in [-0.25, -0.2) is 8.78 Å². The number of rotatable bonds is 3. The number of nitrogens with two attached hydrogens (primary N) is 1. The Bertz CT molecular complexity index is 661. The Morgan fingerprint density at radius 2 is 2.00 bits per heavy atom. The number of aromatic nitrogens is 1. The van der Waals surface area contributed by atoms with Gasteiger partial charge < -0.3 is 10.7 Å². The molecule has 1 heterocycles. The van der Waals surface area contributed by atoms with E-state index in [2.05, 4.69) is 15.7 Å². The molecule has 0 bridgehead atoms. The zero-order chi connectivity index (χ0) is 14.7. The van der Waals surface area contributed by atoms with E-state index in [9.17, 15) is 13.6 Å². The predicted molar refractivity (Wildman–Crippen MR) is 71.1 cm³/mol. The molecule has 0 aliphatic rings. The molecule has 0 fully saturated rings. The van der Waals surface area contributed by atoms with Gasteiger partial charge in [0.1, 0.15) is 11.6 Å². The minimum Gasteiger partial charge on any atom is -0.323 e. The van der Waals surface area contributed by atoms with Crippen LogP contribution in [0.4, 0.5) is 20.2 Å². The van der Waals surface area contributed by atoms with Gasteiger partial charge in [0.05, 0.1) is 16.9 Å². The number of amides is 1. The van der Waals surface area contributed by atoms with E-state index >= 15 is 0 Å². The fraction of sp³-hybridized carbons (Fsp3) is 0.0769. The van der Waals surface area contributed by atoms with Gasteiger partial charge in [0.25, 0.3) is 5.91 Å². The number of aryl methyl sites for hydroxylation is 1. The number of halogens is 2. The van der Waals surface area contributed by atoms with Crippen LogP contribution in [0.2, 0.25) is 0 Å². The average molecular weight is 278 g/mol. The van der Waals surface area contributed by atoms with E-state index in [0.29, 0.717) is 5.69 Å². The van der Waals surface area contributed by atoms with Crippen LogP contribution in [0.1, 0.15) is 15.9 Å². The normalized spacial score (nSPS) is 10.2. The number of hydrogen-bond donors (Lipinski definition) is 3. The summed E-state index contributed by atoms with van der Waals surface area (Å²) in [7, 11) is 0. The lowest BCUT2D eigenvalue weighted by atomic mass is 10.2. The number of carbonyl (C=O) groups excluding carboxylic acids is 1. The van der Waals surface area contributed by atoms with Crippen LogP contribution in [0.3, 0.4) is 0 Å². The molecular formula is C13H12F2N4O. The Hall–Kier alpha value is -2.54. The first-order chi connectivity index (χ1) is 9.52. The summed E-state index contributed by atoms with van der Waals surface area (Å²) in [5, 5.41) is 2.28. The summed E-state index contributed by atoms with van der Waals surface area (Å²) in [6, 6.07) is 3.42. The molecule has 1 aromatic heterocycles. The second-order valence-electron chi connectivity index (χ2n) is 4.10. The van der Waals surface area contributed by atoms with Crippen molar-refractivity contribution in [3.05, 3.63) is 53.4 Å². The van der Waals surface area contributed by atoms with E-state index in [4.69, 9.17) is 5.84 Å². The van der Waals surface area contributed by atoms with E-state index in [-0.39, 0.29) is 16.8 Å². The number of pyridine rings is 1. The zero-order valence-electron chi connectivity index (χ0n) is 10.6. The summed E-state index contributed by atoms with van der Waals surface area (Å²) in [5.41, 5.74) is 2.69. The molecule has 104 valence electrons. The van der Waals surface area contributed by atoms with Crippen LogP contribution >= 0.6 is 0 Å². The van der Waals surface area contributed by atoms with Gasteiger partial charge in [0, 0.05) is 18.5 Å². The number of benzene rings is 1. The number of nitrogens with zero attached hydrogens (tertiary/aromatic N) is 1. The number of carbonyl (C=O) groups is 1. The summed E-state index contributed by atoms with van der Waals surface area (Å²) in [6.45, 7) is 1.43. The number of hydrazine groups is 1. The van der Waals surface area contributed by atoms with Crippen molar-refractivity contribution in [3.8, 4) is 0 Å². The highest BCUT2D eigenvalue weighted by atomic mass is 19.1. The van der Waals surface area contributed by atoms with Gasteiger partial charge in [-0.1, -0.05) is 0 Å². The van der Waals surface area contributed by atoms with E-state index < -0.39 is 17.5 Å². The van der Waals surface area contributed by atoms with Gasteiger partial charge in [0.15, 0.2) is 0 Å². The summed E-state index contributed by atoms with van der Waals surface area (Å²) in [5.74, 6) is 3.29. The molecule has 2 rings (SSSR count). The Balaban J connectivity index is 2.30. The monoisotopic (exact) mass is 278 g/mol. The molecular weight excluding hydrogens is 266 g/mol. The maximum Gasteiger partial charge on any atom is 0.259 e. The molecule has 1 amide bonds. The number of anilines is 2. The van der Waals surface area contributed by atoms with Crippen molar-refractivity contribution in [3.63, 3.8) is 0 Å². The molecule has 0 atom stereocenters.